The van der Waals surface area contributed by atoms with Crippen molar-refractivity contribution in [2.45, 2.75) is 0 Å². The summed E-state index contributed by atoms with van der Waals surface area (Å²) in [7, 11) is 0. The molecule has 0 rings (SSSR count). The maximum Gasteiger partial charge on any atom is 2.00 e. The van der Waals surface area contributed by atoms with Gasteiger partial charge < -0.3 is 7.59 Å². The van der Waals surface area contributed by atoms with Gasteiger partial charge in [0, 0.05) is 12.2 Å². The van der Waals surface area contributed by atoms with Crippen molar-refractivity contribution in [1.29, 1.82) is 0 Å². The van der Waals surface area contributed by atoms with E-state index >= 15 is 0 Å². The molecule has 0 aromatic rings. The zero-order valence-electron chi connectivity index (χ0n) is 7.50. The molecule has 0 N–H and O–H groups in total. The third-order valence-corrected chi connectivity index (χ3v) is 0.535. The SMILES string of the molecule is C=CC(=O)OC(=O)C=C.[Ca+2].[H-].[H-]. The van der Waals surface area contributed by atoms with Crippen LogP contribution in [0.25, 0.3) is 0 Å². The average molecular weight is 168 g/mol. The quantitative estimate of drug-likeness (QED) is 0.257. The third-order valence-electron chi connectivity index (χ3n) is 0.535. The van der Waals surface area contributed by atoms with Crippen molar-refractivity contribution >= 4 is 49.7 Å². The fourth-order valence-corrected chi connectivity index (χ4v) is 0.182. The molecule has 0 aliphatic heterocycles. The summed E-state index contributed by atoms with van der Waals surface area (Å²) in [5.74, 6) is -1.53. The Morgan fingerprint density at radius 1 is 1.20 bits per heavy atom. The van der Waals surface area contributed by atoms with Gasteiger partial charge in [0.05, 0.1) is 0 Å². The summed E-state index contributed by atoms with van der Waals surface area (Å²) in [5.41, 5.74) is 0. The van der Waals surface area contributed by atoms with Gasteiger partial charge in [-0.05, 0) is 0 Å². The van der Waals surface area contributed by atoms with E-state index in [1.54, 1.807) is 0 Å². The normalized spacial score (nSPS) is 6.80. The first kappa shape index (κ1) is 12.5. The second-order valence-electron chi connectivity index (χ2n) is 1.15. The fourth-order valence-electron chi connectivity index (χ4n) is 0.182. The molecule has 0 unspecified atom stereocenters. The molecule has 3 nitrogen and oxygen atoms in total. The van der Waals surface area contributed by atoms with Gasteiger partial charge in [-0.25, -0.2) is 9.59 Å². The number of carbonyl (C=O) groups is 2. The van der Waals surface area contributed by atoms with Gasteiger partial charge in [0.1, 0.15) is 0 Å². The van der Waals surface area contributed by atoms with Crippen LogP contribution >= 0.6 is 0 Å². The number of hydrogen-bond donors (Lipinski definition) is 0. The van der Waals surface area contributed by atoms with E-state index in [1.165, 1.54) is 0 Å². The first-order valence-electron chi connectivity index (χ1n) is 2.21. The molecule has 0 bridgehead atoms. The van der Waals surface area contributed by atoms with Crippen molar-refractivity contribution in [3.8, 4) is 0 Å². The summed E-state index contributed by atoms with van der Waals surface area (Å²) in [6.45, 7) is 6.17. The standard InChI is InChI=1S/C6H6O3.Ca.2H/c1-3-5(7)9-6(8)4-2;;;/h3-4H,1-2H2;;;/q;+2;2*-1. The number of carbonyl (C=O) groups excluding carboxylic acids is 2. The average Bonchev–Trinajstić information content (AvgIpc) is 1.87. The smallest absolute Gasteiger partial charge is 1.00 e. The van der Waals surface area contributed by atoms with E-state index in [4.69, 9.17) is 0 Å². The molecule has 0 spiro atoms. The van der Waals surface area contributed by atoms with Crippen molar-refractivity contribution in [2.24, 2.45) is 0 Å². The van der Waals surface area contributed by atoms with Crippen molar-refractivity contribution < 1.29 is 17.2 Å². The van der Waals surface area contributed by atoms with Crippen LogP contribution in [0.5, 0.6) is 0 Å². The molecule has 0 heterocycles. The Bertz CT molecular complexity index is 152. The minimum atomic E-state index is -0.764. The van der Waals surface area contributed by atoms with Crippen LogP contribution in [0, 0.1) is 0 Å². The predicted molar refractivity (Wildman–Crippen MR) is 39.5 cm³/mol. The van der Waals surface area contributed by atoms with Crippen LogP contribution in [0.2, 0.25) is 0 Å². The zero-order valence-corrected chi connectivity index (χ0v) is 7.71. The van der Waals surface area contributed by atoms with Gasteiger partial charge in [0.15, 0.2) is 0 Å². The summed E-state index contributed by atoms with van der Waals surface area (Å²) in [5, 5.41) is 0. The van der Waals surface area contributed by atoms with Crippen molar-refractivity contribution in [1.82, 2.24) is 0 Å². The third kappa shape index (κ3) is 6.01. The van der Waals surface area contributed by atoms with Crippen LogP contribution in [-0.4, -0.2) is 49.7 Å². The van der Waals surface area contributed by atoms with E-state index in [9.17, 15) is 9.59 Å². The van der Waals surface area contributed by atoms with Gasteiger partial charge in [0.25, 0.3) is 0 Å². The molecule has 0 amide bonds. The maximum atomic E-state index is 10.2. The van der Waals surface area contributed by atoms with Crippen LogP contribution in [0.4, 0.5) is 0 Å². The Balaban J connectivity index is -0.000000107. The number of hydrogen-bond acceptors (Lipinski definition) is 3. The summed E-state index contributed by atoms with van der Waals surface area (Å²) in [4.78, 5) is 20.3. The van der Waals surface area contributed by atoms with E-state index in [1.807, 2.05) is 0 Å². The summed E-state index contributed by atoms with van der Waals surface area (Å²) >= 11 is 0. The molecule has 0 aromatic carbocycles. The Labute approximate surface area is 91.7 Å². The topological polar surface area (TPSA) is 43.4 Å². The Morgan fingerprint density at radius 2 is 1.50 bits per heavy atom. The van der Waals surface area contributed by atoms with Gasteiger partial charge in [-0.3, -0.25) is 0 Å². The van der Waals surface area contributed by atoms with Crippen molar-refractivity contribution in [3.05, 3.63) is 25.3 Å². The Hall–Kier alpha value is -0.120. The van der Waals surface area contributed by atoms with Gasteiger partial charge in [-0.1, -0.05) is 13.2 Å². The van der Waals surface area contributed by atoms with E-state index < -0.39 is 11.9 Å². The number of ether oxygens (including phenoxy) is 1. The summed E-state index contributed by atoms with van der Waals surface area (Å²) in [6, 6.07) is 0. The minimum absolute atomic E-state index is 0. The molecule has 4 heteroatoms. The van der Waals surface area contributed by atoms with E-state index in [-0.39, 0.29) is 40.6 Å². The van der Waals surface area contributed by atoms with Crippen LogP contribution in [0.3, 0.4) is 0 Å². The molecule has 0 aliphatic carbocycles. The van der Waals surface area contributed by atoms with Crippen molar-refractivity contribution in [3.63, 3.8) is 0 Å². The van der Waals surface area contributed by atoms with Gasteiger partial charge >= 0.3 is 49.7 Å². The summed E-state index contributed by atoms with van der Waals surface area (Å²) < 4.78 is 4.03. The maximum absolute atomic E-state index is 10.2. The molecule has 0 aromatic heterocycles. The predicted octanol–water partition coefficient (Wildman–Crippen LogP) is 0.272. The summed E-state index contributed by atoms with van der Waals surface area (Å²) in [6.07, 6.45) is 1.81. The van der Waals surface area contributed by atoms with Crippen LogP contribution < -0.4 is 0 Å². The molecule has 0 saturated heterocycles. The molecule has 10 heavy (non-hydrogen) atoms. The molecule has 52 valence electrons. The molecule has 0 fully saturated rings. The van der Waals surface area contributed by atoms with Gasteiger partial charge in [-0.15, -0.1) is 0 Å². The van der Waals surface area contributed by atoms with E-state index in [0.717, 1.165) is 12.2 Å². The van der Waals surface area contributed by atoms with Crippen LogP contribution in [0.1, 0.15) is 2.85 Å². The monoisotopic (exact) mass is 168 g/mol. The second-order valence-corrected chi connectivity index (χ2v) is 1.15. The molecule has 0 radical (unpaired) electrons. The van der Waals surface area contributed by atoms with Gasteiger partial charge in [-0.2, -0.15) is 0 Å². The number of rotatable bonds is 2. The van der Waals surface area contributed by atoms with Crippen molar-refractivity contribution in [2.75, 3.05) is 0 Å². The van der Waals surface area contributed by atoms with Gasteiger partial charge in [0.2, 0.25) is 0 Å². The zero-order chi connectivity index (χ0) is 7.28. The molecular weight excluding hydrogens is 160 g/mol. The molecule has 0 atom stereocenters. The second kappa shape index (κ2) is 6.99. The molecular formula is C6H8CaO3. The first-order chi connectivity index (χ1) is 4.20. The first-order valence-corrected chi connectivity index (χ1v) is 2.21. The largest absolute Gasteiger partial charge is 2.00 e. The fraction of sp³-hybridized carbons (Fsp3) is 0. The Kier molecular flexibility index (Phi) is 8.77. The minimum Gasteiger partial charge on any atom is -1.00 e. The Morgan fingerprint density at radius 3 is 1.70 bits per heavy atom. The van der Waals surface area contributed by atoms with E-state index in [2.05, 4.69) is 17.9 Å². The molecule has 0 saturated carbocycles. The van der Waals surface area contributed by atoms with E-state index in [0.29, 0.717) is 0 Å². The molecule has 0 aliphatic rings. The van der Waals surface area contributed by atoms with Crippen LogP contribution in [-0.2, 0) is 14.3 Å². The van der Waals surface area contributed by atoms with Crippen LogP contribution in [0.15, 0.2) is 25.3 Å². The number of esters is 2.